The van der Waals surface area contributed by atoms with Gasteiger partial charge in [-0.05, 0) is 19.8 Å². The average molecular weight is 128 g/mol. The molecule has 2 nitrogen and oxygen atoms in total. The number of hydrogen-bond donors (Lipinski definition) is 0. The third-order valence-electron chi connectivity index (χ3n) is 2.59. The number of rotatable bonds is 1. The van der Waals surface area contributed by atoms with Crippen molar-refractivity contribution in [3.05, 3.63) is 0 Å². The van der Waals surface area contributed by atoms with Gasteiger partial charge in [0.1, 0.15) is 5.60 Å². The molecule has 2 fully saturated rings. The fourth-order valence-corrected chi connectivity index (χ4v) is 1.84. The molecule has 1 aliphatic heterocycles. The Morgan fingerprint density at radius 1 is 1.56 bits per heavy atom. The van der Waals surface area contributed by atoms with E-state index in [4.69, 9.17) is 9.47 Å². The Balaban J connectivity index is 2.09. The van der Waals surface area contributed by atoms with Gasteiger partial charge in [0.05, 0.1) is 12.2 Å². The molecule has 0 unspecified atom stereocenters. The minimum absolute atomic E-state index is 0.106. The molecule has 52 valence electrons. The smallest absolute Gasteiger partial charge is 0.118 e. The van der Waals surface area contributed by atoms with Crippen LogP contribution in [0.2, 0.25) is 0 Å². The van der Waals surface area contributed by atoms with Gasteiger partial charge in [0.15, 0.2) is 0 Å². The Hall–Kier alpha value is -0.0800. The van der Waals surface area contributed by atoms with Crippen LogP contribution in [0.5, 0.6) is 0 Å². The van der Waals surface area contributed by atoms with Gasteiger partial charge in [0.2, 0.25) is 0 Å². The van der Waals surface area contributed by atoms with Crippen molar-refractivity contribution in [3.8, 4) is 0 Å². The summed E-state index contributed by atoms with van der Waals surface area (Å²) in [5.74, 6) is 0. The molecule has 2 rings (SSSR count). The van der Waals surface area contributed by atoms with Crippen molar-refractivity contribution in [2.75, 3.05) is 7.11 Å². The van der Waals surface area contributed by atoms with Crippen LogP contribution in [0.4, 0.5) is 0 Å². The van der Waals surface area contributed by atoms with E-state index in [9.17, 15) is 0 Å². The van der Waals surface area contributed by atoms with Crippen LogP contribution in [-0.4, -0.2) is 24.9 Å². The molecule has 0 radical (unpaired) electrons. The van der Waals surface area contributed by atoms with Crippen LogP contribution < -0.4 is 0 Å². The number of epoxide rings is 1. The maximum absolute atomic E-state index is 5.42. The predicted molar refractivity (Wildman–Crippen MR) is 33.3 cm³/mol. The maximum atomic E-state index is 5.42. The van der Waals surface area contributed by atoms with Gasteiger partial charge >= 0.3 is 0 Å². The van der Waals surface area contributed by atoms with Crippen molar-refractivity contribution in [3.63, 3.8) is 0 Å². The van der Waals surface area contributed by atoms with E-state index in [1.807, 2.05) is 0 Å². The first-order valence-electron chi connectivity index (χ1n) is 3.48. The molecule has 1 heterocycles. The number of ether oxygens (including phenoxy) is 2. The lowest BCUT2D eigenvalue weighted by Crippen LogP contribution is -2.24. The first-order valence-corrected chi connectivity index (χ1v) is 3.48. The highest BCUT2D eigenvalue weighted by atomic mass is 16.6. The van der Waals surface area contributed by atoms with E-state index >= 15 is 0 Å². The molecule has 1 saturated carbocycles. The van der Waals surface area contributed by atoms with Gasteiger partial charge < -0.3 is 9.47 Å². The lowest BCUT2D eigenvalue weighted by atomic mass is 10.1. The van der Waals surface area contributed by atoms with Gasteiger partial charge in [-0.15, -0.1) is 0 Å². The second-order valence-electron chi connectivity index (χ2n) is 3.09. The highest BCUT2D eigenvalue weighted by Crippen LogP contribution is 2.50. The van der Waals surface area contributed by atoms with Crippen LogP contribution in [-0.2, 0) is 9.47 Å². The van der Waals surface area contributed by atoms with Gasteiger partial charge in [-0.2, -0.15) is 0 Å². The van der Waals surface area contributed by atoms with Crippen molar-refractivity contribution in [1.82, 2.24) is 0 Å². The Morgan fingerprint density at radius 2 is 2.33 bits per heavy atom. The van der Waals surface area contributed by atoms with Crippen LogP contribution in [0.25, 0.3) is 0 Å². The highest BCUT2D eigenvalue weighted by molar-refractivity contribution is 5.10. The first kappa shape index (κ1) is 5.69. The summed E-state index contributed by atoms with van der Waals surface area (Å²) in [5.41, 5.74) is 0.106. The SMILES string of the molecule is CO[C@H]1CC[C@@H]2O[C@]12C. The molecule has 0 N–H and O–H groups in total. The third kappa shape index (κ3) is 0.578. The third-order valence-corrected chi connectivity index (χ3v) is 2.59. The second kappa shape index (κ2) is 1.50. The van der Waals surface area contributed by atoms with Crippen molar-refractivity contribution in [2.45, 2.75) is 37.6 Å². The van der Waals surface area contributed by atoms with Gasteiger partial charge in [-0.25, -0.2) is 0 Å². The molecule has 1 saturated heterocycles. The van der Waals surface area contributed by atoms with Crippen molar-refractivity contribution < 1.29 is 9.47 Å². The number of fused-ring (bicyclic) bond motifs is 1. The summed E-state index contributed by atoms with van der Waals surface area (Å²) in [6, 6.07) is 0. The zero-order valence-corrected chi connectivity index (χ0v) is 5.89. The molecule has 0 aromatic heterocycles. The summed E-state index contributed by atoms with van der Waals surface area (Å²) >= 11 is 0. The molecule has 3 atom stereocenters. The molecule has 1 aliphatic carbocycles. The Bertz CT molecular complexity index is 133. The largest absolute Gasteiger partial charge is 0.378 e. The zero-order chi connectivity index (χ0) is 6.48. The van der Waals surface area contributed by atoms with Crippen LogP contribution in [0.15, 0.2) is 0 Å². The van der Waals surface area contributed by atoms with E-state index in [2.05, 4.69) is 6.92 Å². The molecule has 0 amide bonds. The van der Waals surface area contributed by atoms with E-state index in [-0.39, 0.29) is 5.60 Å². The van der Waals surface area contributed by atoms with E-state index < -0.39 is 0 Å². The molecule has 0 aromatic rings. The fraction of sp³-hybridized carbons (Fsp3) is 1.00. The second-order valence-corrected chi connectivity index (χ2v) is 3.09. The topological polar surface area (TPSA) is 21.8 Å². The van der Waals surface area contributed by atoms with E-state index in [1.54, 1.807) is 7.11 Å². The molecular weight excluding hydrogens is 116 g/mol. The molecule has 2 aliphatic rings. The summed E-state index contributed by atoms with van der Waals surface area (Å²) in [4.78, 5) is 0. The molecule has 9 heavy (non-hydrogen) atoms. The molecule has 2 heteroatoms. The monoisotopic (exact) mass is 128 g/mol. The zero-order valence-electron chi connectivity index (χ0n) is 5.89. The van der Waals surface area contributed by atoms with Crippen molar-refractivity contribution in [1.29, 1.82) is 0 Å². The van der Waals surface area contributed by atoms with Gasteiger partial charge in [-0.3, -0.25) is 0 Å². The fourth-order valence-electron chi connectivity index (χ4n) is 1.84. The Morgan fingerprint density at radius 3 is 2.56 bits per heavy atom. The van der Waals surface area contributed by atoms with Crippen LogP contribution in [0, 0.1) is 0 Å². The minimum atomic E-state index is 0.106. The van der Waals surface area contributed by atoms with Gasteiger partial charge in [0.25, 0.3) is 0 Å². The maximum Gasteiger partial charge on any atom is 0.118 e. The summed E-state index contributed by atoms with van der Waals surface area (Å²) < 4.78 is 10.7. The Kier molecular flexibility index (Phi) is 0.945. The lowest BCUT2D eigenvalue weighted by Gasteiger charge is -2.13. The molecular formula is C7H12O2. The quantitative estimate of drug-likeness (QED) is 0.490. The minimum Gasteiger partial charge on any atom is -0.378 e. The van der Waals surface area contributed by atoms with Gasteiger partial charge in [-0.1, -0.05) is 0 Å². The summed E-state index contributed by atoms with van der Waals surface area (Å²) in [5, 5.41) is 0. The Labute approximate surface area is 55.1 Å². The van der Waals surface area contributed by atoms with E-state index in [0.29, 0.717) is 12.2 Å². The van der Waals surface area contributed by atoms with Crippen molar-refractivity contribution >= 4 is 0 Å². The van der Waals surface area contributed by atoms with Crippen LogP contribution in [0.3, 0.4) is 0 Å². The summed E-state index contributed by atoms with van der Waals surface area (Å²) in [6.07, 6.45) is 3.25. The lowest BCUT2D eigenvalue weighted by molar-refractivity contribution is 0.0313. The first-order chi connectivity index (χ1) is 4.27. The number of methoxy groups -OCH3 is 1. The highest BCUT2D eigenvalue weighted by Gasteiger charge is 2.62. The number of hydrogen-bond acceptors (Lipinski definition) is 2. The average Bonchev–Trinajstić information content (AvgIpc) is 2.38. The summed E-state index contributed by atoms with van der Waals surface area (Å²) in [7, 11) is 1.76. The van der Waals surface area contributed by atoms with Gasteiger partial charge in [0, 0.05) is 7.11 Å². The molecule has 0 spiro atoms. The normalized spacial score (nSPS) is 55.3. The van der Waals surface area contributed by atoms with Crippen LogP contribution >= 0.6 is 0 Å². The van der Waals surface area contributed by atoms with Crippen molar-refractivity contribution in [2.24, 2.45) is 0 Å². The standard InChI is InChI=1S/C7H12O2/c1-7-5(8-2)3-4-6(7)9-7/h5-6H,3-4H2,1-2H3/t5-,6-,7+/m0/s1. The van der Waals surface area contributed by atoms with E-state index in [0.717, 1.165) is 0 Å². The molecule has 0 bridgehead atoms. The van der Waals surface area contributed by atoms with E-state index in [1.165, 1.54) is 12.8 Å². The summed E-state index contributed by atoms with van der Waals surface area (Å²) in [6.45, 7) is 2.14. The molecule has 0 aromatic carbocycles. The van der Waals surface area contributed by atoms with Crippen LogP contribution in [0.1, 0.15) is 19.8 Å². The predicted octanol–water partition coefficient (Wildman–Crippen LogP) is 0.953.